The Morgan fingerprint density at radius 2 is 1.82 bits per heavy atom. The normalized spacial score (nSPS) is 12.0. The van der Waals surface area contributed by atoms with Crippen LogP contribution in [0.15, 0.2) is 24.3 Å². The zero-order chi connectivity index (χ0) is 16.4. The third-order valence-corrected chi connectivity index (χ3v) is 3.78. The summed E-state index contributed by atoms with van der Waals surface area (Å²) < 4.78 is 0. The van der Waals surface area contributed by atoms with Crippen molar-refractivity contribution in [2.45, 2.75) is 58.4 Å². The van der Waals surface area contributed by atoms with E-state index in [4.69, 9.17) is 5.73 Å². The van der Waals surface area contributed by atoms with Crippen LogP contribution in [0.5, 0.6) is 0 Å². The van der Waals surface area contributed by atoms with Crippen molar-refractivity contribution >= 4 is 11.7 Å². The number of hydrogen-bond acceptors (Lipinski definition) is 3. The van der Waals surface area contributed by atoms with Crippen molar-refractivity contribution in [1.82, 2.24) is 5.32 Å². The van der Waals surface area contributed by atoms with E-state index in [1.165, 1.54) is 18.1 Å². The zero-order valence-electron chi connectivity index (χ0n) is 13.7. The van der Waals surface area contributed by atoms with Crippen molar-refractivity contribution in [2.24, 2.45) is 5.73 Å². The van der Waals surface area contributed by atoms with Gasteiger partial charge in [0.25, 0.3) is 0 Å². The number of aryl methyl sites for hydroxylation is 2. The van der Waals surface area contributed by atoms with Crippen molar-refractivity contribution in [3.05, 3.63) is 35.4 Å². The molecule has 4 heteroatoms. The molecule has 0 radical (unpaired) electrons. The predicted octanol–water partition coefficient (Wildman–Crippen LogP) is 2.52. The lowest BCUT2D eigenvalue weighted by molar-refractivity contribution is -0.121. The Morgan fingerprint density at radius 3 is 2.45 bits per heavy atom. The highest BCUT2D eigenvalue weighted by Gasteiger charge is 2.07. The average molecular weight is 304 g/mol. The summed E-state index contributed by atoms with van der Waals surface area (Å²) in [5.74, 6) is 0.128. The van der Waals surface area contributed by atoms with Crippen LogP contribution in [0.2, 0.25) is 0 Å². The molecule has 0 saturated carbocycles. The number of hydrogen-bond donors (Lipinski definition) is 2. The molecule has 1 rings (SSSR count). The maximum Gasteiger partial charge on any atom is 0.220 e. The fourth-order valence-electron chi connectivity index (χ4n) is 2.22. The molecule has 1 amide bonds. The van der Waals surface area contributed by atoms with Crippen molar-refractivity contribution < 1.29 is 9.59 Å². The number of ketones is 1. The van der Waals surface area contributed by atoms with E-state index in [2.05, 4.69) is 36.5 Å². The van der Waals surface area contributed by atoms with Gasteiger partial charge in [-0.3, -0.25) is 9.59 Å². The Labute approximate surface area is 133 Å². The fraction of sp³-hybridized carbons (Fsp3) is 0.556. The van der Waals surface area contributed by atoms with Gasteiger partial charge in [-0.2, -0.15) is 0 Å². The third kappa shape index (κ3) is 7.93. The average Bonchev–Trinajstić information content (AvgIpc) is 2.48. The van der Waals surface area contributed by atoms with Crippen LogP contribution >= 0.6 is 0 Å². The van der Waals surface area contributed by atoms with E-state index in [-0.39, 0.29) is 17.7 Å². The Morgan fingerprint density at radius 1 is 1.14 bits per heavy atom. The maximum atomic E-state index is 11.7. The fourth-order valence-corrected chi connectivity index (χ4v) is 2.22. The highest BCUT2D eigenvalue weighted by molar-refractivity contribution is 5.81. The second kappa shape index (κ2) is 10.1. The molecule has 1 unspecified atom stereocenters. The molecule has 3 N–H and O–H groups in total. The second-order valence-electron chi connectivity index (χ2n) is 5.90. The molecule has 0 saturated heterocycles. The number of carbonyl (C=O) groups excluding carboxylic acids is 2. The smallest absolute Gasteiger partial charge is 0.220 e. The van der Waals surface area contributed by atoms with E-state index in [0.717, 1.165) is 25.7 Å². The van der Waals surface area contributed by atoms with Crippen LogP contribution in [0.3, 0.4) is 0 Å². The van der Waals surface area contributed by atoms with Gasteiger partial charge < -0.3 is 11.1 Å². The van der Waals surface area contributed by atoms with Crippen molar-refractivity contribution in [1.29, 1.82) is 0 Å². The van der Waals surface area contributed by atoms with E-state index in [1.807, 2.05) is 0 Å². The van der Waals surface area contributed by atoms with Gasteiger partial charge in [0, 0.05) is 13.0 Å². The summed E-state index contributed by atoms with van der Waals surface area (Å²) in [4.78, 5) is 22.7. The van der Waals surface area contributed by atoms with Gasteiger partial charge >= 0.3 is 0 Å². The quantitative estimate of drug-likeness (QED) is 0.652. The van der Waals surface area contributed by atoms with Gasteiger partial charge in [-0.05, 0) is 51.5 Å². The molecule has 0 heterocycles. The number of carbonyl (C=O) groups is 2. The standard InChI is InChI=1S/C18H28N2O2/c1-14-9-11-16(12-10-14)6-5-8-18(22)20-13-4-3-7-17(19)15(2)21/h9-12,17H,3-8,13,19H2,1-2H3,(H,20,22). The van der Waals surface area contributed by atoms with Crippen LogP contribution in [0.4, 0.5) is 0 Å². The van der Waals surface area contributed by atoms with E-state index < -0.39 is 0 Å². The molecule has 1 aromatic carbocycles. The van der Waals surface area contributed by atoms with E-state index in [0.29, 0.717) is 19.4 Å². The molecule has 0 spiro atoms. The van der Waals surface area contributed by atoms with Crippen molar-refractivity contribution in [3.63, 3.8) is 0 Å². The Kier molecular flexibility index (Phi) is 8.44. The van der Waals surface area contributed by atoms with Gasteiger partial charge in [-0.25, -0.2) is 0 Å². The topological polar surface area (TPSA) is 72.2 Å². The summed E-state index contributed by atoms with van der Waals surface area (Å²) in [5, 5.41) is 2.92. The monoisotopic (exact) mass is 304 g/mol. The minimum Gasteiger partial charge on any atom is -0.356 e. The first-order valence-corrected chi connectivity index (χ1v) is 8.07. The molecule has 22 heavy (non-hydrogen) atoms. The first-order valence-electron chi connectivity index (χ1n) is 8.07. The number of benzene rings is 1. The lowest BCUT2D eigenvalue weighted by Gasteiger charge is -2.08. The molecule has 122 valence electrons. The van der Waals surface area contributed by atoms with Crippen LogP contribution in [-0.4, -0.2) is 24.3 Å². The molecule has 4 nitrogen and oxygen atoms in total. The van der Waals surface area contributed by atoms with Gasteiger partial charge in [0.05, 0.1) is 6.04 Å². The van der Waals surface area contributed by atoms with Gasteiger partial charge in [0.2, 0.25) is 5.91 Å². The maximum absolute atomic E-state index is 11.7. The second-order valence-corrected chi connectivity index (χ2v) is 5.90. The van der Waals surface area contributed by atoms with Crippen LogP contribution in [0.1, 0.15) is 50.2 Å². The molecule has 1 aromatic rings. The summed E-state index contributed by atoms with van der Waals surface area (Å²) in [6, 6.07) is 8.07. The highest BCUT2D eigenvalue weighted by Crippen LogP contribution is 2.07. The summed E-state index contributed by atoms with van der Waals surface area (Å²) in [5.41, 5.74) is 8.18. The molecule has 0 aliphatic rings. The predicted molar refractivity (Wildman–Crippen MR) is 89.6 cm³/mol. The Hall–Kier alpha value is -1.68. The Bertz CT molecular complexity index is 468. The number of nitrogens with two attached hydrogens (primary N) is 1. The largest absolute Gasteiger partial charge is 0.356 e. The minimum atomic E-state index is -0.356. The van der Waals surface area contributed by atoms with Gasteiger partial charge in [-0.15, -0.1) is 0 Å². The zero-order valence-corrected chi connectivity index (χ0v) is 13.7. The van der Waals surface area contributed by atoms with Crippen LogP contribution in [0.25, 0.3) is 0 Å². The summed E-state index contributed by atoms with van der Waals surface area (Å²) in [6.07, 6.45) is 4.78. The summed E-state index contributed by atoms with van der Waals surface area (Å²) in [6.45, 7) is 4.25. The molecular formula is C18H28N2O2. The summed E-state index contributed by atoms with van der Waals surface area (Å²) >= 11 is 0. The molecule has 0 bridgehead atoms. The SMILES string of the molecule is CC(=O)C(N)CCCCNC(=O)CCCc1ccc(C)cc1. The van der Waals surface area contributed by atoms with Gasteiger partial charge in [0.15, 0.2) is 0 Å². The van der Waals surface area contributed by atoms with Crippen LogP contribution < -0.4 is 11.1 Å². The highest BCUT2D eigenvalue weighted by atomic mass is 16.1. The number of rotatable bonds is 10. The van der Waals surface area contributed by atoms with E-state index in [1.54, 1.807) is 0 Å². The first kappa shape index (κ1) is 18.4. The molecule has 0 aromatic heterocycles. The summed E-state index contributed by atoms with van der Waals surface area (Å²) in [7, 11) is 0. The molecule has 0 aliphatic heterocycles. The molecule has 1 atom stereocenters. The van der Waals surface area contributed by atoms with Crippen molar-refractivity contribution in [3.8, 4) is 0 Å². The number of nitrogens with one attached hydrogen (secondary N) is 1. The number of amides is 1. The lowest BCUT2D eigenvalue weighted by Crippen LogP contribution is -2.29. The van der Waals surface area contributed by atoms with E-state index >= 15 is 0 Å². The minimum absolute atomic E-state index is 0.0279. The van der Waals surface area contributed by atoms with E-state index in [9.17, 15) is 9.59 Å². The lowest BCUT2D eigenvalue weighted by atomic mass is 10.1. The molecular weight excluding hydrogens is 276 g/mol. The van der Waals surface area contributed by atoms with Crippen molar-refractivity contribution in [2.75, 3.05) is 6.54 Å². The number of unbranched alkanes of at least 4 members (excludes halogenated alkanes) is 1. The van der Waals surface area contributed by atoms with Gasteiger partial charge in [0.1, 0.15) is 5.78 Å². The third-order valence-electron chi connectivity index (χ3n) is 3.78. The Balaban J connectivity index is 2.04. The molecule has 0 fully saturated rings. The molecule has 0 aliphatic carbocycles. The van der Waals surface area contributed by atoms with Crippen LogP contribution in [0, 0.1) is 6.92 Å². The first-order chi connectivity index (χ1) is 10.5. The van der Waals surface area contributed by atoms with Gasteiger partial charge in [-0.1, -0.05) is 29.8 Å². The van der Waals surface area contributed by atoms with Crippen LogP contribution in [-0.2, 0) is 16.0 Å². The number of Topliss-reactive ketones (excluding diaryl/α,β-unsaturated/α-hetero) is 1.